The van der Waals surface area contributed by atoms with Gasteiger partial charge in [0.05, 0.1) is 6.61 Å². The summed E-state index contributed by atoms with van der Waals surface area (Å²) in [7, 11) is 0. The molecule has 1 amide bonds. The molecule has 0 spiro atoms. The first-order valence-corrected chi connectivity index (χ1v) is 6.42. The first-order chi connectivity index (χ1) is 9.67. The zero-order chi connectivity index (χ0) is 14.8. The highest BCUT2D eigenvalue weighted by Gasteiger charge is 2.22. The molecule has 0 heterocycles. The van der Waals surface area contributed by atoms with Gasteiger partial charge in [0.15, 0.2) is 0 Å². The summed E-state index contributed by atoms with van der Waals surface area (Å²) in [6.45, 7) is 5.51. The Labute approximate surface area is 118 Å². The lowest BCUT2D eigenvalue weighted by Crippen LogP contribution is -2.43. The molecule has 0 aliphatic heterocycles. The standard InChI is InChI=1S/C15H19NO4/c1-3-10-20-15(18)16-13(14(17)19-4-2)11-12-8-6-5-7-9-12/h3,5-9,13H,1,4,10-11H2,2H3,(H,16,18)/t13-/m0/s1. The van der Waals surface area contributed by atoms with Crippen LogP contribution in [0, 0.1) is 0 Å². The van der Waals surface area contributed by atoms with Crippen LogP contribution in [0.1, 0.15) is 12.5 Å². The van der Waals surface area contributed by atoms with E-state index in [1.165, 1.54) is 6.08 Å². The van der Waals surface area contributed by atoms with Crippen LogP contribution >= 0.6 is 0 Å². The van der Waals surface area contributed by atoms with Crippen molar-refractivity contribution < 1.29 is 19.1 Å². The second-order valence-electron chi connectivity index (χ2n) is 4.03. The SMILES string of the molecule is C=CCOC(=O)N[C@@H](Cc1ccccc1)C(=O)OCC. The maximum Gasteiger partial charge on any atom is 0.408 e. The molecule has 0 aromatic heterocycles. The average Bonchev–Trinajstić information content (AvgIpc) is 2.46. The quantitative estimate of drug-likeness (QED) is 0.612. The summed E-state index contributed by atoms with van der Waals surface area (Å²) >= 11 is 0. The fourth-order valence-corrected chi connectivity index (χ4v) is 1.60. The minimum atomic E-state index is -0.769. The smallest absolute Gasteiger partial charge is 0.408 e. The molecule has 1 N–H and O–H groups in total. The molecule has 1 aromatic carbocycles. The Morgan fingerprint density at radius 1 is 1.30 bits per heavy atom. The number of ether oxygens (including phenoxy) is 2. The van der Waals surface area contributed by atoms with Gasteiger partial charge in [-0.3, -0.25) is 0 Å². The van der Waals surface area contributed by atoms with E-state index in [1.807, 2.05) is 30.3 Å². The Morgan fingerprint density at radius 2 is 2.00 bits per heavy atom. The highest BCUT2D eigenvalue weighted by molar-refractivity contribution is 5.81. The van der Waals surface area contributed by atoms with Crippen molar-refractivity contribution >= 4 is 12.1 Å². The van der Waals surface area contributed by atoms with E-state index in [4.69, 9.17) is 9.47 Å². The Balaban J connectivity index is 2.67. The molecule has 0 radical (unpaired) electrons. The number of alkyl carbamates (subject to hydrolysis) is 1. The van der Waals surface area contributed by atoms with Gasteiger partial charge in [-0.25, -0.2) is 9.59 Å². The van der Waals surface area contributed by atoms with Crippen LogP contribution in [-0.4, -0.2) is 31.3 Å². The Bertz CT molecular complexity index is 444. The number of benzene rings is 1. The molecular formula is C15H19NO4. The largest absolute Gasteiger partial charge is 0.464 e. The highest BCUT2D eigenvalue weighted by Crippen LogP contribution is 2.05. The van der Waals surface area contributed by atoms with Crippen molar-refractivity contribution in [2.45, 2.75) is 19.4 Å². The Hall–Kier alpha value is -2.30. The molecule has 5 heteroatoms. The van der Waals surface area contributed by atoms with Gasteiger partial charge < -0.3 is 14.8 Å². The molecule has 0 bridgehead atoms. The summed E-state index contributed by atoms with van der Waals surface area (Å²) in [4.78, 5) is 23.4. The number of rotatable bonds is 7. The zero-order valence-corrected chi connectivity index (χ0v) is 11.5. The van der Waals surface area contributed by atoms with Gasteiger partial charge in [0.1, 0.15) is 12.6 Å². The third-order valence-electron chi connectivity index (χ3n) is 2.48. The number of carbonyl (C=O) groups is 2. The molecule has 1 rings (SSSR count). The van der Waals surface area contributed by atoms with Gasteiger partial charge in [-0.2, -0.15) is 0 Å². The van der Waals surface area contributed by atoms with Gasteiger partial charge in [0.25, 0.3) is 0 Å². The fraction of sp³-hybridized carbons (Fsp3) is 0.333. The molecule has 0 unspecified atom stereocenters. The average molecular weight is 277 g/mol. The third kappa shape index (κ3) is 5.56. The number of nitrogens with one attached hydrogen (secondary N) is 1. The monoisotopic (exact) mass is 277 g/mol. The van der Waals surface area contributed by atoms with E-state index in [0.29, 0.717) is 6.42 Å². The van der Waals surface area contributed by atoms with E-state index in [0.717, 1.165) is 5.56 Å². The van der Waals surface area contributed by atoms with Crippen molar-refractivity contribution in [3.63, 3.8) is 0 Å². The first-order valence-electron chi connectivity index (χ1n) is 6.42. The van der Waals surface area contributed by atoms with E-state index >= 15 is 0 Å². The Kier molecular flexibility index (Phi) is 6.89. The molecular weight excluding hydrogens is 258 g/mol. The van der Waals surface area contributed by atoms with Gasteiger partial charge >= 0.3 is 12.1 Å². The number of amides is 1. The van der Waals surface area contributed by atoms with Crippen molar-refractivity contribution in [3.05, 3.63) is 48.6 Å². The van der Waals surface area contributed by atoms with Gasteiger partial charge in [-0.15, -0.1) is 0 Å². The number of esters is 1. The fourth-order valence-electron chi connectivity index (χ4n) is 1.60. The highest BCUT2D eigenvalue weighted by atomic mass is 16.6. The summed E-state index contributed by atoms with van der Waals surface area (Å²) in [5.74, 6) is -0.480. The summed E-state index contributed by atoms with van der Waals surface area (Å²) in [6, 6.07) is 8.61. The minimum Gasteiger partial charge on any atom is -0.464 e. The van der Waals surface area contributed by atoms with Gasteiger partial charge in [-0.05, 0) is 12.5 Å². The van der Waals surface area contributed by atoms with Crippen molar-refractivity contribution in [1.82, 2.24) is 5.32 Å². The van der Waals surface area contributed by atoms with Crippen LogP contribution in [0.15, 0.2) is 43.0 Å². The Morgan fingerprint density at radius 3 is 2.60 bits per heavy atom. The van der Waals surface area contributed by atoms with Crippen LogP contribution in [0.2, 0.25) is 0 Å². The summed E-state index contributed by atoms with van der Waals surface area (Å²) in [6.07, 6.45) is 1.14. The zero-order valence-electron chi connectivity index (χ0n) is 11.5. The van der Waals surface area contributed by atoms with Crippen molar-refractivity contribution in [3.8, 4) is 0 Å². The molecule has 0 aliphatic rings. The molecule has 1 aromatic rings. The third-order valence-corrected chi connectivity index (χ3v) is 2.48. The van der Waals surface area contributed by atoms with E-state index in [1.54, 1.807) is 6.92 Å². The maximum atomic E-state index is 11.8. The van der Waals surface area contributed by atoms with Crippen LogP contribution in [0.25, 0.3) is 0 Å². The van der Waals surface area contributed by atoms with E-state index in [2.05, 4.69) is 11.9 Å². The van der Waals surface area contributed by atoms with E-state index in [-0.39, 0.29) is 13.2 Å². The lowest BCUT2D eigenvalue weighted by molar-refractivity contribution is -0.145. The predicted molar refractivity (Wildman–Crippen MR) is 75.2 cm³/mol. The molecule has 1 atom stereocenters. The molecule has 5 nitrogen and oxygen atoms in total. The normalized spacial score (nSPS) is 11.2. The van der Waals surface area contributed by atoms with Crippen LogP contribution in [0.4, 0.5) is 4.79 Å². The molecule has 0 fully saturated rings. The number of hydrogen-bond acceptors (Lipinski definition) is 4. The number of hydrogen-bond donors (Lipinski definition) is 1. The van der Waals surface area contributed by atoms with Crippen molar-refractivity contribution in [2.24, 2.45) is 0 Å². The second kappa shape index (κ2) is 8.74. The number of carbonyl (C=O) groups excluding carboxylic acids is 2. The summed E-state index contributed by atoms with van der Waals surface area (Å²) < 4.78 is 9.76. The summed E-state index contributed by atoms with van der Waals surface area (Å²) in [5.41, 5.74) is 0.926. The second-order valence-corrected chi connectivity index (χ2v) is 4.03. The topological polar surface area (TPSA) is 64.6 Å². The summed E-state index contributed by atoms with van der Waals surface area (Å²) in [5, 5.41) is 2.50. The van der Waals surface area contributed by atoms with Crippen LogP contribution in [0.5, 0.6) is 0 Å². The molecule has 20 heavy (non-hydrogen) atoms. The first kappa shape index (κ1) is 15.8. The molecule has 108 valence electrons. The van der Waals surface area contributed by atoms with Gasteiger partial charge in [0.2, 0.25) is 0 Å². The van der Waals surface area contributed by atoms with Crippen LogP contribution in [-0.2, 0) is 20.7 Å². The maximum absolute atomic E-state index is 11.8. The molecule has 0 aliphatic carbocycles. The lowest BCUT2D eigenvalue weighted by atomic mass is 10.1. The molecule has 0 saturated heterocycles. The van der Waals surface area contributed by atoms with Crippen LogP contribution < -0.4 is 5.32 Å². The van der Waals surface area contributed by atoms with Gasteiger partial charge in [0, 0.05) is 6.42 Å². The van der Waals surface area contributed by atoms with Crippen LogP contribution in [0.3, 0.4) is 0 Å². The van der Waals surface area contributed by atoms with E-state index in [9.17, 15) is 9.59 Å². The lowest BCUT2D eigenvalue weighted by Gasteiger charge is -2.17. The minimum absolute atomic E-state index is 0.0900. The van der Waals surface area contributed by atoms with E-state index < -0.39 is 18.1 Å². The van der Waals surface area contributed by atoms with Crippen molar-refractivity contribution in [1.29, 1.82) is 0 Å². The van der Waals surface area contributed by atoms with Gasteiger partial charge in [-0.1, -0.05) is 43.0 Å². The predicted octanol–water partition coefficient (Wildman–Crippen LogP) is 2.07. The molecule has 0 saturated carbocycles. The van der Waals surface area contributed by atoms with Crippen molar-refractivity contribution in [2.75, 3.05) is 13.2 Å².